The molecule has 0 bridgehead atoms. The molecule has 2 aromatic heterocycles. The van der Waals surface area contributed by atoms with Crippen molar-refractivity contribution in [2.75, 3.05) is 7.11 Å². The largest absolute Gasteiger partial charge is 0.417 e. The molecule has 1 aromatic carbocycles. The fourth-order valence-corrected chi connectivity index (χ4v) is 3.31. The molecule has 32 heavy (non-hydrogen) atoms. The van der Waals surface area contributed by atoms with Crippen LogP contribution in [0.1, 0.15) is 19.4 Å². The van der Waals surface area contributed by atoms with E-state index in [1.54, 1.807) is 13.2 Å². The van der Waals surface area contributed by atoms with E-state index >= 15 is 0 Å². The van der Waals surface area contributed by atoms with Crippen LogP contribution in [0.5, 0.6) is 5.88 Å². The number of hydrogen-bond donors (Lipinski definition) is 2. The number of methoxy groups -OCH3 is 1. The molecule has 2 heterocycles. The molecule has 7 nitrogen and oxygen atoms in total. The third-order valence-electron chi connectivity index (χ3n) is 4.64. The first-order chi connectivity index (χ1) is 15.3. The summed E-state index contributed by atoms with van der Waals surface area (Å²) in [5.41, 5.74) is 1.87. The third-order valence-corrected chi connectivity index (χ3v) is 4.97. The monoisotopic (exact) mass is 464 g/mol. The molecule has 0 aliphatic heterocycles. The second kappa shape index (κ2) is 10.6. The first kappa shape index (κ1) is 23.8. The summed E-state index contributed by atoms with van der Waals surface area (Å²) >= 11 is 6.38. The number of hydrogen-bond acceptors (Lipinski definition) is 6. The smallest absolute Gasteiger partial charge is 0.388 e. The van der Waals surface area contributed by atoms with Crippen molar-refractivity contribution in [3.05, 3.63) is 63.5 Å². The van der Waals surface area contributed by atoms with Gasteiger partial charge in [-0.25, -0.2) is 9.97 Å². The molecule has 0 spiro atoms. The first-order valence-corrected chi connectivity index (χ1v) is 10.2. The zero-order valence-electron chi connectivity index (χ0n) is 17.7. The molecular weight excluding hydrogens is 442 g/mol. The highest BCUT2D eigenvalue weighted by molar-refractivity contribution is 6.33. The maximum absolute atomic E-state index is 12.3. The van der Waals surface area contributed by atoms with Gasteiger partial charge in [0.15, 0.2) is 0 Å². The fourth-order valence-electron chi connectivity index (χ4n) is 3.10. The fraction of sp³-hybridized carbons (Fsp3) is 0.318. The summed E-state index contributed by atoms with van der Waals surface area (Å²) in [5, 5.41) is 3.74. The van der Waals surface area contributed by atoms with Gasteiger partial charge in [-0.2, -0.15) is 8.78 Å². The van der Waals surface area contributed by atoms with Gasteiger partial charge in [0, 0.05) is 43.1 Å². The van der Waals surface area contributed by atoms with E-state index < -0.39 is 12.2 Å². The van der Waals surface area contributed by atoms with Crippen LogP contribution in [-0.4, -0.2) is 34.9 Å². The Morgan fingerprint density at radius 2 is 1.97 bits per heavy atom. The van der Waals surface area contributed by atoms with Crippen LogP contribution in [0.4, 0.5) is 8.78 Å². The molecule has 1 atom stereocenters. The summed E-state index contributed by atoms with van der Waals surface area (Å²) in [6, 6.07) is 9.51. The topological polar surface area (TPSA) is 89.1 Å². The van der Waals surface area contributed by atoms with Gasteiger partial charge in [0.1, 0.15) is 12.1 Å². The molecule has 0 radical (unpaired) electrons. The first-order valence-electron chi connectivity index (χ1n) is 9.84. The Hall–Kier alpha value is -2.88. The number of aromatic nitrogens is 3. The summed E-state index contributed by atoms with van der Waals surface area (Å²) in [6.07, 6.45) is 1.20. The number of nitrogens with one attached hydrogen (secondary N) is 2. The van der Waals surface area contributed by atoms with E-state index in [0.717, 1.165) is 5.56 Å². The minimum absolute atomic E-state index is 0.111. The highest BCUT2D eigenvalue weighted by atomic mass is 35.5. The van der Waals surface area contributed by atoms with E-state index in [1.165, 1.54) is 24.4 Å². The minimum Gasteiger partial charge on any atom is -0.417 e. The van der Waals surface area contributed by atoms with Crippen LogP contribution in [-0.2, 0) is 11.3 Å². The normalized spacial score (nSPS) is 12.4. The van der Waals surface area contributed by atoms with Crippen molar-refractivity contribution in [2.45, 2.75) is 33.2 Å². The van der Waals surface area contributed by atoms with Gasteiger partial charge in [0.05, 0.1) is 10.7 Å². The average molecular weight is 465 g/mol. The molecule has 2 N–H and O–H groups in total. The summed E-state index contributed by atoms with van der Waals surface area (Å²) in [6.45, 7) is 1.66. The van der Waals surface area contributed by atoms with Gasteiger partial charge in [-0.1, -0.05) is 31.5 Å². The van der Waals surface area contributed by atoms with Crippen molar-refractivity contribution in [3.8, 4) is 28.5 Å². The molecule has 1 unspecified atom stereocenters. The Bertz CT molecular complexity index is 1110. The molecule has 0 saturated heterocycles. The maximum Gasteiger partial charge on any atom is 0.388 e. The summed E-state index contributed by atoms with van der Waals surface area (Å²) in [4.78, 5) is 23.3. The highest BCUT2D eigenvalue weighted by Crippen LogP contribution is 2.28. The Labute approximate surface area is 188 Å². The number of rotatable bonds is 9. The van der Waals surface area contributed by atoms with Crippen LogP contribution in [0.15, 0.2) is 47.4 Å². The number of aromatic amines is 1. The second-order valence-electron chi connectivity index (χ2n) is 7.34. The number of ether oxygens (including phenoxy) is 2. The molecule has 3 rings (SSSR count). The van der Waals surface area contributed by atoms with Gasteiger partial charge in [0.2, 0.25) is 5.88 Å². The van der Waals surface area contributed by atoms with Crippen LogP contribution in [0.3, 0.4) is 0 Å². The Morgan fingerprint density at radius 3 is 2.59 bits per heavy atom. The van der Waals surface area contributed by atoms with Crippen molar-refractivity contribution in [2.24, 2.45) is 5.92 Å². The van der Waals surface area contributed by atoms with Gasteiger partial charge in [-0.15, -0.1) is 0 Å². The molecule has 0 aliphatic carbocycles. The lowest BCUT2D eigenvalue weighted by atomic mass is 10.1. The van der Waals surface area contributed by atoms with Crippen LogP contribution in [0.25, 0.3) is 22.6 Å². The van der Waals surface area contributed by atoms with Gasteiger partial charge in [-0.3, -0.25) is 10.1 Å². The predicted molar refractivity (Wildman–Crippen MR) is 118 cm³/mol. The number of halogens is 3. The van der Waals surface area contributed by atoms with Gasteiger partial charge >= 0.3 is 6.61 Å². The molecule has 0 aliphatic rings. The predicted octanol–water partition coefficient (Wildman–Crippen LogP) is 4.47. The molecule has 10 heteroatoms. The van der Waals surface area contributed by atoms with Crippen LogP contribution >= 0.6 is 11.6 Å². The summed E-state index contributed by atoms with van der Waals surface area (Å²) in [5.74, 6) is 0.333. The van der Waals surface area contributed by atoms with E-state index in [-0.39, 0.29) is 23.9 Å². The Kier molecular flexibility index (Phi) is 7.89. The molecular formula is C22H23ClF2N4O3. The zero-order valence-corrected chi connectivity index (χ0v) is 18.5. The number of benzene rings is 1. The van der Waals surface area contributed by atoms with Gasteiger partial charge in [0.25, 0.3) is 5.56 Å². The van der Waals surface area contributed by atoms with Crippen LogP contribution < -0.4 is 15.6 Å². The summed E-state index contributed by atoms with van der Waals surface area (Å²) in [7, 11) is 1.64. The van der Waals surface area contributed by atoms with E-state index in [1.807, 2.05) is 12.1 Å². The van der Waals surface area contributed by atoms with Gasteiger partial charge < -0.3 is 14.5 Å². The Morgan fingerprint density at radius 1 is 1.19 bits per heavy atom. The van der Waals surface area contributed by atoms with Crippen molar-refractivity contribution < 1.29 is 18.3 Å². The van der Waals surface area contributed by atoms with Crippen molar-refractivity contribution >= 4 is 11.6 Å². The Balaban J connectivity index is 1.90. The van der Waals surface area contributed by atoms with Crippen LogP contribution in [0.2, 0.25) is 5.02 Å². The lowest BCUT2D eigenvalue weighted by Gasteiger charge is -2.21. The number of H-pyrrole nitrogens is 1. The van der Waals surface area contributed by atoms with Gasteiger partial charge in [-0.05, 0) is 29.7 Å². The van der Waals surface area contributed by atoms with Crippen LogP contribution in [0, 0.1) is 5.92 Å². The number of pyridine rings is 1. The summed E-state index contributed by atoms with van der Waals surface area (Å²) < 4.78 is 34.3. The van der Waals surface area contributed by atoms with E-state index in [4.69, 9.17) is 16.3 Å². The standard InChI is InChI=1S/C22H23ClF2N4O3/c1-12(2)21(31-3)27-10-13-4-6-16(23)15(8-13)20-28-17(9-18(30)29-20)14-5-7-19(26-11-14)32-22(24)25/h4-9,11-12,21-22,27H,10H2,1-3H3,(H,28,29,30). The third kappa shape index (κ3) is 6.09. The lowest BCUT2D eigenvalue weighted by Crippen LogP contribution is -2.34. The molecule has 0 amide bonds. The van der Waals surface area contributed by atoms with E-state index in [0.29, 0.717) is 28.4 Å². The highest BCUT2D eigenvalue weighted by Gasteiger charge is 2.14. The van der Waals surface area contributed by atoms with E-state index in [9.17, 15) is 13.6 Å². The average Bonchev–Trinajstić information content (AvgIpc) is 2.74. The number of nitrogens with zero attached hydrogens (tertiary/aromatic N) is 2. The number of alkyl halides is 2. The molecule has 0 saturated carbocycles. The maximum atomic E-state index is 12.3. The minimum atomic E-state index is -2.97. The molecule has 170 valence electrons. The quantitative estimate of drug-likeness (QED) is 0.454. The van der Waals surface area contributed by atoms with Crippen molar-refractivity contribution in [1.82, 2.24) is 20.3 Å². The zero-order chi connectivity index (χ0) is 23.3. The van der Waals surface area contributed by atoms with Crippen molar-refractivity contribution in [1.29, 1.82) is 0 Å². The van der Waals surface area contributed by atoms with E-state index in [2.05, 4.69) is 38.9 Å². The molecule has 3 aromatic rings. The second-order valence-corrected chi connectivity index (χ2v) is 7.75. The SMILES string of the molecule is COC(NCc1ccc(Cl)c(-c2nc(-c3ccc(OC(F)F)nc3)cc(=O)[nH]2)c1)C(C)C. The lowest BCUT2D eigenvalue weighted by molar-refractivity contribution is -0.0528. The molecule has 0 fully saturated rings. The van der Waals surface area contributed by atoms with Crippen molar-refractivity contribution in [3.63, 3.8) is 0 Å².